The molecule has 13 heavy (non-hydrogen) atoms. The van der Waals surface area contributed by atoms with Crippen molar-refractivity contribution in [2.45, 2.75) is 0 Å². The molecule has 2 aromatic rings. The molecule has 0 aliphatic heterocycles. The molecule has 2 rings (SSSR count). The van der Waals surface area contributed by atoms with Crippen LogP contribution in [0.2, 0.25) is 0 Å². The van der Waals surface area contributed by atoms with Gasteiger partial charge < -0.3 is 15.3 Å². The number of fused-ring (bicyclic) bond motifs is 1. The molecule has 0 amide bonds. The van der Waals surface area contributed by atoms with Gasteiger partial charge in [-0.2, -0.15) is 0 Å². The molecule has 0 aliphatic carbocycles. The van der Waals surface area contributed by atoms with Gasteiger partial charge in [0.2, 0.25) is 5.43 Å². The Morgan fingerprint density at radius 2 is 2.15 bits per heavy atom. The molecule has 0 atom stereocenters. The smallest absolute Gasteiger partial charge is 0.234 e. The predicted octanol–water partition coefficient (Wildman–Crippen LogP) is 1.08. The average Bonchev–Trinajstić information content (AvgIpc) is 2.12. The Kier molecular flexibility index (Phi) is 1.48. The third-order valence-electron chi connectivity index (χ3n) is 1.78. The molecule has 1 aromatic carbocycles. The van der Waals surface area contributed by atoms with Crippen LogP contribution in [0.25, 0.3) is 11.0 Å². The summed E-state index contributed by atoms with van der Waals surface area (Å²) in [4.78, 5) is 11.3. The molecule has 0 saturated heterocycles. The third kappa shape index (κ3) is 1.12. The van der Waals surface area contributed by atoms with E-state index in [1.807, 2.05) is 0 Å². The van der Waals surface area contributed by atoms with Gasteiger partial charge in [0.25, 0.3) is 0 Å². The van der Waals surface area contributed by atoms with E-state index in [1.54, 1.807) is 12.1 Å². The van der Waals surface area contributed by atoms with Crippen LogP contribution < -0.4 is 11.2 Å². The number of nitrogens with two attached hydrogens (primary N) is 1. The fourth-order valence-electron chi connectivity index (χ4n) is 1.14. The van der Waals surface area contributed by atoms with Crippen molar-refractivity contribution in [3.05, 3.63) is 34.7 Å². The maximum atomic E-state index is 11.3. The largest absolute Gasteiger partial charge is 0.502 e. The Bertz CT molecular complexity index is 510. The van der Waals surface area contributed by atoms with E-state index in [4.69, 9.17) is 15.3 Å². The van der Waals surface area contributed by atoms with Crippen molar-refractivity contribution >= 4 is 16.7 Å². The van der Waals surface area contributed by atoms with Crippen LogP contribution in [0.3, 0.4) is 0 Å². The van der Waals surface area contributed by atoms with E-state index in [-0.39, 0.29) is 0 Å². The van der Waals surface area contributed by atoms with Crippen LogP contribution in [-0.4, -0.2) is 5.11 Å². The van der Waals surface area contributed by atoms with E-state index in [1.165, 1.54) is 6.07 Å². The van der Waals surface area contributed by atoms with Crippen molar-refractivity contribution < 1.29 is 9.52 Å². The zero-order chi connectivity index (χ0) is 9.42. The summed E-state index contributed by atoms with van der Waals surface area (Å²) in [7, 11) is 0. The SMILES string of the molecule is Nc1ccc2occ(O)c(=O)c2c1. The van der Waals surface area contributed by atoms with Gasteiger partial charge in [0.15, 0.2) is 5.75 Å². The minimum absolute atomic E-state index is 0.292. The lowest BCUT2D eigenvalue weighted by Crippen LogP contribution is -2.00. The average molecular weight is 177 g/mol. The minimum atomic E-state index is -0.464. The van der Waals surface area contributed by atoms with Gasteiger partial charge >= 0.3 is 0 Å². The molecule has 0 aliphatic rings. The first-order chi connectivity index (χ1) is 6.18. The van der Waals surface area contributed by atoms with Gasteiger partial charge in [-0.1, -0.05) is 0 Å². The first-order valence-corrected chi connectivity index (χ1v) is 3.68. The van der Waals surface area contributed by atoms with Crippen molar-refractivity contribution in [1.29, 1.82) is 0 Å². The van der Waals surface area contributed by atoms with E-state index in [9.17, 15) is 4.79 Å². The highest BCUT2D eigenvalue weighted by molar-refractivity contribution is 5.80. The molecule has 0 spiro atoms. The van der Waals surface area contributed by atoms with Crippen LogP contribution in [0.4, 0.5) is 5.69 Å². The Morgan fingerprint density at radius 1 is 1.38 bits per heavy atom. The number of anilines is 1. The third-order valence-corrected chi connectivity index (χ3v) is 1.78. The van der Waals surface area contributed by atoms with Crippen LogP contribution in [-0.2, 0) is 0 Å². The maximum absolute atomic E-state index is 11.3. The summed E-state index contributed by atoms with van der Waals surface area (Å²) in [5, 5.41) is 9.35. The second-order valence-electron chi connectivity index (χ2n) is 2.71. The molecule has 4 heteroatoms. The first kappa shape index (κ1) is 7.67. The quantitative estimate of drug-likeness (QED) is 0.590. The van der Waals surface area contributed by atoms with Crippen molar-refractivity contribution in [2.75, 3.05) is 5.73 Å². The Morgan fingerprint density at radius 3 is 2.92 bits per heavy atom. The van der Waals surface area contributed by atoms with E-state index in [0.29, 0.717) is 16.7 Å². The van der Waals surface area contributed by atoms with Crippen LogP contribution >= 0.6 is 0 Å². The number of rotatable bonds is 0. The molecule has 66 valence electrons. The van der Waals surface area contributed by atoms with Crippen LogP contribution in [0.1, 0.15) is 0 Å². The molecule has 1 heterocycles. The predicted molar refractivity (Wildman–Crippen MR) is 48.6 cm³/mol. The summed E-state index contributed by atoms with van der Waals surface area (Å²) in [5.41, 5.74) is 5.89. The normalized spacial score (nSPS) is 10.5. The highest BCUT2D eigenvalue weighted by Crippen LogP contribution is 2.16. The van der Waals surface area contributed by atoms with Gasteiger partial charge in [0.1, 0.15) is 11.8 Å². The number of aromatic hydroxyl groups is 1. The summed E-state index contributed by atoms with van der Waals surface area (Å²) in [6.45, 7) is 0. The molecule has 1 aromatic heterocycles. The van der Waals surface area contributed by atoms with E-state index < -0.39 is 11.2 Å². The number of hydrogen-bond donors (Lipinski definition) is 2. The number of nitrogen functional groups attached to an aromatic ring is 1. The summed E-state index contributed by atoms with van der Waals surface area (Å²) in [6.07, 6.45) is 1.01. The van der Waals surface area contributed by atoms with Gasteiger partial charge in [-0.15, -0.1) is 0 Å². The topological polar surface area (TPSA) is 76.5 Å². The lowest BCUT2D eigenvalue weighted by Gasteiger charge is -1.97. The van der Waals surface area contributed by atoms with E-state index in [0.717, 1.165) is 6.26 Å². The molecular weight excluding hydrogens is 170 g/mol. The molecule has 3 N–H and O–H groups in total. The second kappa shape index (κ2) is 2.52. The fraction of sp³-hybridized carbons (Fsp3) is 0. The highest BCUT2D eigenvalue weighted by Gasteiger charge is 2.04. The summed E-state index contributed by atoms with van der Waals surface area (Å²) >= 11 is 0. The first-order valence-electron chi connectivity index (χ1n) is 3.68. The van der Waals surface area contributed by atoms with Crippen molar-refractivity contribution in [3.8, 4) is 5.75 Å². The fourth-order valence-corrected chi connectivity index (χ4v) is 1.14. The molecule has 4 nitrogen and oxygen atoms in total. The van der Waals surface area contributed by atoms with Gasteiger partial charge in [-0.25, -0.2) is 0 Å². The van der Waals surface area contributed by atoms with Gasteiger partial charge in [0, 0.05) is 5.69 Å². The lowest BCUT2D eigenvalue weighted by molar-refractivity contribution is 0.442. The number of hydrogen-bond acceptors (Lipinski definition) is 4. The van der Waals surface area contributed by atoms with Crippen LogP contribution in [0.5, 0.6) is 5.75 Å². The Balaban J connectivity index is 2.97. The zero-order valence-electron chi connectivity index (χ0n) is 6.65. The molecule has 0 bridgehead atoms. The van der Waals surface area contributed by atoms with E-state index in [2.05, 4.69) is 0 Å². The van der Waals surface area contributed by atoms with Gasteiger partial charge in [-0.3, -0.25) is 4.79 Å². The summed E-state index contributed by atoms with van der Waals surface area (Å²) in [5.74, 6) is -0.405. The minimum Gasteiger partial charge on any atom is -0.502 e. The van der Waals surface area contributed by atoms with Crippen molar-refractivity contribution in [2.24, 2.45) is 0 Å². The summed E-state index contributed by atoms with van der Waals surface area (Å²) < 4.78 is 4.97. The van der Waals surface area contributed by atoms with Crippen LogP contribution in [0, 0.1) is 0 Å². The molecular formula is C9H7NO3. The van der Waals surface area contributed by atoms with E-state index >= 15 is 0 Å². The van der Waals surface area contributed by atoms with Crippen LogP contribution in [0.15, 0.2) is 33.7 Å². The zero-order valence-corrected chi connectivity index (χ0v) is 6.65. The molecule has 0 unspecified atom stereocenters. The van der Waals surface area contributed by atoms with Gasteiger partial charge in [0.05, 0.1) is 5.39 Å². The monoisotopic (exact) mass is 177 g/mol. The standard InChI is InChI=1S/C9H7NO3/c10-5-1-2-8-6(3-5)9(12)7(11)4-13-8/h1-4,11H,10H2. The molecule has 0 fully saturated rings. The van der Waals surface area contributed by atoms with Crippen molar-refractivity contribution in [1.82, 2.24) is 0 Å². The second-order valence-corrected chi connectivity index (χ2v) is 2.71. The summed E-state index contributed by atoms with van der Waals surface area (Å²) in [6, 6.07) is 4.69. The van der Waals surface area contributed by atoms with Crippen molar-refractivity contribution in [3.63, 3.8) is 0 Å². The highest BCUT2D eigenvalue weighted by atomic mass is 16.3. The lowest BCUT2D eigenvalue weighted by atomic mass is 10.2. The van der Waals surface area contributed by atoms with Gasteiger partial charge in [-0.05, 0) is 18.2 Å². The Hall–Kier alpha value is -1.97. The maximum Gasteiger partial charge on any atom is 0.234 e. The Labute approximate surface area is 73.2 Å². The molecule has 0 saturated carbocycles. The molecule has 0 radical (unpaired) electrons. The number of benzene rings is 1.